The van der Waals surface area contributed by atoms with Crippen LogP contribution in [0.4, 0.5) is 0 Å². The van der Waals surface area contributed by atoms with Gasteiger partial charge in [-0.05, 0) is 47.9 Å². The van der Waals surface area contributed by atoms with Crippen LogP contribution in [0.5, 0.6) is 0 Å². The summed E-state index contributed by atoms with van der Waals surface area (Å²) in [5.74, 6) is 0.609. The molecular formula is C22H34. The van der Waals surface area contributed by atoms with Gasteiger partial charge < -0.3 is 0 Å². The first-order valence-electron chi connectivity index (χ1n) is 8.81. The van der Waals surface area contributed by atoms with Gasteiger partial charge in [-0.15, -0.1) is 0 Å². The lowest BCUT2D eigenvalue weighted by Crippen LogP contribution is -1.99. The molecular weight excluding hydrogens is 264 g/mol. The minimum Gasteiger partial charge on any atom is -0.0683 e. The predicted molar refractivity (Wildman–Crippen MR) is 102 cm³/mol. The van der Waals surface area contributed by atoms with E-state index in [0.29, 0.717) is 5.92 Å². The Morgan fingerprint density at radius 1 is 0.682 bits per heavy atom. The lowest BCUT2D eigenvalue weighted by Gasteiger charge is -2.13. The second kappa shape index (κ2) is 12.0. The smallest absolute Gasteiger partial charge is 0.0216 e. The Hall–Kier alpha value is -1.56. The highest BCUT2D eigenvalue weighted by Crippen LogP contribution is 2.21. The van der Waals surface area contributed by atoms with Crippen molar-refractivity contribution in [3.05, 3.63) is 70.8 Å². The molecule has 0 fully saturated rings. The zero-order valence-corrected chi connectivity index (χ0v) is 15.6. The molecule has 0 aliphatic heterocycles. The van der Waals surface area contributed by atoms with E-state index in [1.807, 2.05) is 27.7 Å². The maximum atomic E-state index is 2.27. The number of aryl methyl sites for hydroxylation is 3. The molecule has 0 nitrogen and oxygen atoms in total. The van der Waals surface area contributed by atoms with E-state index in [4.69, 9.17) is 0 Å². The van der Waals surface area contributed by atoms with Crippen LogP contribution in [0.3, 0.4) is 0 Å². The van der Waals surface area contributed by atoms with Crippen LogP contribution in [0.15, 0.2) is 48.5 Å². The molecule has 0 amide bonds. The van der Waals surface area contributed by atoms with Crippen LogP contribution in [-0.4, -0.2) is 0 Å². The van der Waals surface area contributed by atoms with E-state index in [2.05, 4.69) is 69.3 Å². The van der Waals surface area contributed by atoms with Gasteiger partial charge in [0.2, 0.25) is 0 Å². The average Bonchev–Trinajstić information content (AvgIpc) is 2.58. The topological polar surface area (TPSA) is 0 Å². The zero-order chi connectivity index (χ0) is 17.0. The lowest BCUT2D eigenvalue weighted by atomic mass is 9.92. The summed E-state index contributed by atoms with van der Waals surface area (Å²) in [6.45, 7) is 14.7. The monoisotopic (exact) mass is 298 g/mol. The van der Waals surface area contributed by atoms with E-state index in [1.54, 1.807) is 0 Å². The summed E-state index contributed by atoms with van der Waals surface area (Å²) in [5.41, 5.74) is 5.86. The molecule has 0 N–H and O–H groups in total. The zero-order valence-electron chi connectivity index (χ0n) is 15.6. The molecule has 0 heterocycles. The van der Waals surface area contributed by atoms with Gasteiger partial charge in [0.25, 0.3) is 0 Å². The molecule has 22 heavy (non-hydrogen) atoms. The Balaban J connectivity index is 0.00000102. The average molecular weight is 299 g/mol. The molecule has 0 spiro atoms. The molecule has 0 radical (unpaired) electrons. The first-order chi connectivity index (χ1) is 10.7. The Labute approximate surface area is 138 Å². The molecule has 0 aliphatic carbocycles. The van der Waals surface area contributed by atoms with Gasteiger partial charge in [0.1, 0.15) is 0 Å². The molecule has 2 aromatic carbocycles. The van der Waals surface area contributed by atoms with Gasteiger partial charge in [0.05, 0.1) is 0 Å². The molecule has 0 aliphatic rings. The largest absolute Gasteiger partial charge is 0.0683 e. The first-order valence-corrected chi connectivity index (χ1v) is 8.81. The Morgan fingerprint density at radius 3 is 1.68 bits per heavy atom. The summed E-state index contributed by atoms with van der Waals surface area (Å²) in [5, 5.41) is 0. The Bertz CT molecular complexity index is 509. The second-order valence-corrected chi connectivity index (χ2v) is 5.28. The maximum absolute atomic E-state index is 2.27. The molecule has 2 aromatic rings. The minimum absolute atomic E-state index is 0.609. The van der Waals surface area contributed by atoms with Gasteiger partial charge in [-0.1, -0.05) is 90.1 Å². The van der Waals surface area contributed by atoms with Crippen molar-refractivity contribution in [1.82, 2.24) is 0 Å². The highest BCUT2D eigenvalue weighted by Gasteiger charge is 2.06. The highest BCUT2D eigenvalue weighted by atomic mass is 14.1. The van der Waals surface area contributed by atoms with Crippen molar-refractivity contribution >= 4 is 0 Å². The van der Waals surface area contributed by atoms with Crippen molar-refractivity contribution < 1.29 is 0 Å². The normalized spacial score (nSPS) is 9.45. The van der Waals surface area contributed by atoms with Gasteiger partial charge in [-0.25, -0.2) is 0 Å². The third-order valence-corrected chi connectivity index (χ3v) is 3.60. The molecule has 0 saturated carbocycles. The Morgan fingerprint density at radius 2 is 1.14 bits per heavy atom. The van der Waals surface area contributed by atoms with Crippen LogP contribution in [0.25, 0.3) is 0 Å². The highest BCUT2D eigenvalue weighted by molar-refractivity contribution is 5.32. The fourth-order valence-electron chi connectivity index (χ4n) is 2.49. The van der Waals surface area contributed by atoms with Crippen LogP contribution in [0.2, 0.25) is 0 Å². The third-order valence-electron chi connectivity index (χ3n) is 3.60. The first kappa shape index (κ1) is 20.4. The molecule has 0 unspecified atom stereocenters. The van der Waals surface area contributed by atoms with Crippen molar-refractivity contribution in [2.45, 2.75) is 67.2 Å². The summed E-state index contributed by atoms with van der Waals surface area (Å²) < 4.78 is 0. The summed E-state index contributed by atoms with van der Waals surface area (Å²) in [4.78, 5) is 0. The van der Waals surface area contributed by atoms with Crippen LogP contribution >= 0.6 is 0 Å². The predicted octanol–water partition coefficient (Wildman–Crippen LogP) is 6.96. The van der Waals surface area contributed by atoms with Crippen LogP contribution in [-0.2, 0) is 12.8 Å². The maximum Gasteiger partial charge on any atom is -0.0216 e. The van der Waals surface area contributed by atoms with Gasteiger partial charge in [0, 0.05) is 0 Å². The molecule has 0 heteroatoms. The van der Waals surface area contributed by atoms with E-state index in [9.17, 15) is 0 Å². The molecule has 0 saturated heterocycles. The lowest BCUT2D eigenvalue weighted by molar-refractivity contribution is 0.827. The molecule has 0 bridgehead atoms. The van der Waals surface area contributed by atoms with Crippen molar-refractivity contribution in [3.63, 3.8) is 0 Å². The summed E-state index contributed by atoms with van der Waals surface area (Å²) in [7, 11) is 0. The number of benzene rings is 2. The van der Waals surface area contributed by atoms with Gasteiger partial charge in [-0.3, -0.25) is 0 Å². The second-order valence-electron chi connectivity index (χ2n) is 5.28. The van der Waals surface area contributed by atoms with Gasteiger partial charge >= 0.3 is 0 Å². The van der Waals surface area contributed by atoms with Crippen LogP contribution < -0.4 is 0 Å². The van der Waals surface area contributed by atoms with Crippen molar-refractivity contribution in [1.29, 1.82) is 0 Å². The number of hydrogen-bond donors (Lipinski definition) is 0. The fourth-order valence-corrected chi connectivity index (χ4v) is 2.49. The van der Waals surface area contributed by atoms with Crippen LogP contribution in [0.1, 0.15) is 69.7 Å². The molecule has 0 aromatic heterocycles. The van der Waals surface area contributed by atoms with Crippen LogP contribution in [0, 0.1) is 6.92 Å². The summed E-state index contributed by atoms with van der Waals surface area (Å²) in [6, 6.07) is 17.5. The third kappa shape index (κ3) is 6.47. The van der Waals surface area contributed by atoms with E-state index < -0.39 is 0 Å². The SMILES string of the molecule is CC.CC.Cc1ccccc1CCc1ccccc1C(C)C. The van der Waals surface area contributed by atoms with E-state index in [0.717, 1.165) is 12.8 Å². The van der Waals surface area contributed by atoms with Crippen molar-refractivity contribution in [2.24, 2.45) is 0 Å². The van der Waals surface area contributed by atoms with E-state index in [-0.39, 0.29) is 0 Å². The number of hydrogen-bond acceptors (Lipinski definition) is 0. The number of rotatable bonds is 4. The minimum atomic E-state index is 0.609. The summed E-state index contributed by atoms with van der Waals surface area (Å²) >= 11 is 0. The quantitative estimate of drug-likeness (QED) is 0.572. The van der Waals surface area contributed by atoms with Crippen molar-refractivity contribution in [3.8, 4) is 0 Å². The van der Waals surface area contributed by atoms with E-state index >= 15 is 0 Å². The molecule has 2 rings (SSSR count). The Kier molecular flexibility index (Phi) is 11.2. The molecule has 0 atom stereocenters. The standard InChI is InChI=1S/C18H22.2C2H6/c1-14(2)18-11-7-6-10-17(18)13-12-16-9-5-4-8-15(16)3;2*1-2/h4-11,14H,12-13H2,1-3H3;2*1-2H3. The van der Waals surface area contributed by atoms with Gasteiger partial charge in [0.15, 0.2) is 0 Å². The van der Waals surface area contributed by atoms with E-state index in [1.165, 1.54) is 22.3 Å². The van der Waals surface area contributed by atoms with Gasteiger partial charge in [-0.2, -0.15) is 0 Å². The summed E-state index contributed by atoms with van der Waals surface area (Å²) in [6.07, 6.45) is 2.27. The van der Waals surface area contributed by atoms with Crippen molar-refractivity contribution in [2.75, 3.05) is 0 Å². The molecule has 122 valence electrons. The fraction of sp³-hybridized carbons (Fsp3) is 0.455.